The van der Waals surface area contributed by atoms with Crippen LogP contribution >= 0.6 is 11.3 Å². The molecule has 296 valence electrons. The SMILES string of the molecule is Cc1c(C#N)c(Nc2ccc(S(=O)(=O)[O-])cc2)nc(Nc2ccc(S(=O)(=O)[O-])cc2)c1N=Nc1nc(-c2ccc3ccccc3c2)c(N=Nc2ccc3c[c-]c[c-]c3c2)s1.[Li+].[Li+].[Li+].[Li+]. The Morgan fingerprint density at radius 1 is 0.688 bits per heavy atom. The fourth-order valence-corrected chi connectivity index (χ4v) is 7.73. The molecule has 8 rings (SSSR count). The quantitative estimate of drug-likeness (QED) is 0.0652. The maximum Gasteiger partial charge on any atom is 1.00 e. The molecule has 0 unspecified atom stereocenters. The third-order valence-electron chi connectivity index (χ3n) is 9.04. The maximum atomic E-state index is 11.6. The summed E-state index contributed by atoms with van der Waals surface area (Å²) in [6.45, 7) is 1.62. The van der Waals surface area contributed by atoms with Gasteiger partial charge in [-0.15, -0.1) is 20.5 Å². The molecule has 2 aromatic heterocycles. The normalized spacial score (nSPS) is 11.3. The number of nitriles is 1. The second kappa shape index (κ2) is 21.9. The summed E-state index contributed by atoms with van der Waals surface area (Å²) >= 11 is 1.12. The molecule has 2 heterocycles. The van der Waals surface area contributed by atoms with Crippen LogP contribution in [0.3, 0.4) is 0 Å². The second-order valence-corrected chi connectivity index (χ2v) is 16.7. The number of anilines is 4. The van der Waals surface area contributed by atoms with Gasteiger partial charge in [-0.25, -0.2) is 32.2 Å². The first-order chi connectivity index (χ1) is 28.8. The maximum absolute atomic E-state index is 11.6. The number of azo groups is 2. The molecule has 8 aromatic rings. The Morgan fingerprint density at radius 2 is 1.30 bits per heavy atom. The van der Waals surface area contributed by atoms with E-state index in [1.807, 2.05) is 66.7 Å². The van der Waals surface area contributed by atoms with E-state index in [2.05, 4.69) is 54.3 Å². The summed E-state index contributed by atoms with van der Waals surface area (Å²) in [6.07, 6.45) is 0. The number of hydrogen-bond acceptors (Lipinski definition) is 16. The minimum Gasteiger partial charge on any atom is -0.744 e. The van der Waals surface area contributed by atoms with E-state index in [9.17, 15) is 31.2 Å². The zero-order chi connectivity index (χ0) is 42.0. The third-order valence-corrected chi connectivity index (χ3v) is 11.6. The van der Waals surface area contributed by atoms with Crippen molar-refractivity contribution in [3.05, 3.63) is 145 Å². The molecule has 2 N–H and O–H groups in total. The van der Waals surface area contributed by atoms with Gasteiger partial charge in [0.1, 0.15) is 37.7 Å². The van der Waals surface area contributed by atoms with Gasteiger partial charge >= 0.3 is 75.4 Å². The van der Waals surface area contributed by atoms with E-state index in [0.717, 1.165) is 62.7 Å². The first-order valence-corrected chi connectivity index (χ1v) is 21.2. The number of hydrogen-bond donors (Lipinski definition) is 2. The Morgan fingerprint density at radius 3 is 1.92 bits per heavy atom. The molecule has 0 aliphatic heterocycles. The van der Waals surface area contributed by atoms with E-state index < -0.39 is 30.0 Å². The van der Waals surface area contributed by atoms with Gasteiger partial charge in [0.15, 0.2) is 16.6 Å². The van der Waals surface area contributed by atoms with Crippen LogP contribution in [0.15, 0.2) is 152 Å². The van der Waals surface area contributed by atoms with Crippen molar-refractivity contribution in [3.63, 3.8) is 0 Å². The largest absolute Gasteiger partial charge is 1.00 e. The van der Waals surface area contributed by atoms with Crippen LogP contribution in [0.25, 0.3) is 32.8 Å². The number of nitrogens with zero attached hydrogens (tertiary/aromatic N) is 7. The van der Waals surface area contributed by atoms with Crippen LogP contribution < -0.4 is 86.1 Å². The smallest absolute Gasteiger partial charge is 0.744 e. The van der Waals surface area contributed by atoms with Crippen molar-refractivity contribution in [1.82, 2.24) is 9.97 Å². The van der Waals surface area contributed by atoms with E-state index in [1.54, 1.807) is 13.0 Å². The third kappa shape index (κ3) is 11.9. The molecule has 0 saturated carbocycles. The van der Waals surface area contributed by atoms with Crippen molar-refractivity contribution in [2.75, 3.05) is 10.6 Å². The zero-order valence-corrected chi connectivity index (χ0v) is 37.3. The van der Waals surface area contributed by atoms with E-state index in [-0.39, 0.29) is 103 Å². The molecule has 0 radical (unpaired) electrons. The second-order valence-electron chi connectivity index (χ2n) is 13.0. The molecule has 15 nitrogen and oxygen atoms in total. The van der Waals surface area contributed by atoms with Crippen LogP contribution in [-0.2, 0) is 20.2 Å². The number of aromatic nitrogens is 2. The number of fused-ring (bicyclic) bond motifs is 2. The summed E-state index contributed by atoms with van der Waals surface area (Å²) in [7, 11) is -9.43. The van der Waals surface area contributed by atoms with Gasteiger partial charge < -0.3 is 37.9 Å². The van der Waals surface area contributed by atoms with Crippen molar-refractivity contribution in [1.29, 1.82) is 5.26 Å². The number of pyridine rings is 1. The summed E-state index contributed by atoms with van der Waals surface area (Å²) < 4.78 is 69.3. The van der Waals surface area contributed by atoms with Crippen molar-refractivity contribution < 1.29 is 101 Å². The number of thiazole rings is 1. The molecule has 0 bridgehead atoms. The van der Waals surface area contributed by atoms with E-state index >= 15 is 0 Å². The summed E-state index contributed by atoms with van der Waals surface area (Å²) in [5.74, 6) is 0.0964. The average molecular weight is 876 g/mol. The fraction of sp³-hybridized carbons (Fsp3) is 0.0238. The first-order valence-electron chi connectivity index (χ1n) is 17.6. The van der Waals surface area contributed by atoms with E-state index in [0.29, 0.717) is 33.3 Å². The minimum atomic E-state index is -4.72. The van der Waals surface area contributed by atoms with E-state index in [4.69, 9.17) is 4.98 Å². The predicted octanol–water partition coefficient (Wildman–Crippen LogP) is -1.57. The summed E-state index contributed by atoms with van der Waals surface area (Å²) in [4.78, 5) is 8.54. The zero-order valence-electron chi connectivity index (χ0n) is 34.9. The molecule has 6 aromatic carbocycles. The van der Waals surface area contributed by atoms with Crippen LogP contribution in [0.2, 0.25) is 0 Å². The van der Waals surface area contributed by atoms with Gasteiger partial charge in [-0.05, 0) is 72.3 Å². The van der Waals surface area contributed by atoms with Gasteiger partial charge in [0.25, 0.3) is 0 Å². The molecule has 0 spiro atoms. The number of nitrogens with one attached hydrogen (secondary N) is 2. The molecular weight excluding hydrogens is 850 g/mol. The summed E-state index contributed by atoms with van der Waals surface area (Å²) in [5, 5.41) is 38.9. The van der Waals surface area contributed by atoms with Crippen molar-refractivity contribution in [2.45, 2.75) is 16.7 Å². The van der Waals surface area contributed by atoms with Gasteiger partial charge in [0.05, 0.1) is 21.0 Å². The average Bonchev–Trinajstić information content (AvgIpc) is 3.65. The van der Waals surface area contributed by atoms with Gasteiger partial charge in [0.2, 0.25) is 5.13 Å². The topological polar surface area (TPSA) is 237 Å². The molecule has 0 atom stereocenters. The van der Waals surface area contributed by atoms with Crippen LogP contribution in [0.5, 0.6) is 0 Å². The van der Waals surface area contributed by atoms with Crippen LogP contribution in [0, 0.1) is 30.4 Å². The molecule has 0 amide bonds. The van der Waals surface area contributed by atoms with Gasteiger partial charge in [0, 0.05) is 22.5 Å². The minimum absolute atomic E-state index is 0. The molecule has 64 heavy (non-hydrogen) atoms. The van der Waals surface area contributed by atoms with Crippen LogP contribution in [0.1, 0.15) is 11.1 Å². The van der Waals surface area contributed by atoms with Crippen molar-refractivity contribution >= 4 is 97.6 Å². The van der Waals surface area contributed by atoms with Gasteiger partial charge in [-0.1, -0.05) is 59.9 Å². The van der Waals surface area contributed by atoms with Crippen LogP contribution in [-0.4, -0.2) is 35.9 Å². The Hall–Kier alpha value is -4.88. The molecule has 0 fully saturated rings. The molecule has 0 saturated heterocycles. The van der Waals surface area contributed by atoms with Gasteiger partial charge in [-0.3, -0.25) is 11.5 Å². The number of benzene rings is 6. The van der Waals surface area contributed by atoms with E-state index in [1.165, 1.54) is 24.3 Å². The predicted molar refractivity (Wildman–Crippen MR) is 224 cm³/mol. The Balaban J connectivity index is 0.00000224. The Labute approximate surface area is 420 Å². The molecular formula is C42H25Li4N9O6S3. The Kier molecular flexibility index (Phi) is 17.7. The first kappa shape index (κ1) is 51.8. The van der Waals surface area contributed by atoms with Crippen molar-refractivity contribution in [3.8, 4) is 17.3 Å². The molecule has 22 heteroatoms. The standard InChI is InChI=1S/C42H27N9O6S3.4Li/c1-25-36(24-43)39(44-31-14-18-34(19-15-31)59(52,53)54)47-40(45-32-16-20-35(21-17-32)60(55,56)57)37(25)49-51-42-46-38(30-11-10-26-6-2-4-8-28(26)22-30)41(58-42)50-48-33-13-12-27-7-3-5-9-29(27)23-33;;;;/h2,4-8,10-23H,1H3,(H2,44,45,47)(H,52,53,54)(H,55,56,57);;;;/q-2;4*+1/p-2. The van der Waals surface area contributed by atoms with Crippen molar-refractivity contribution in [2.24, 2.45) is 20.5 Å². The Bertz CT molecular complexity index is 3320. The molecule has 0 aliphatic rings. The van der Waals surface area contributed by atoms with Crippen LogP contribution in [0.4, 0.5) is 44.5 Å². The monoisotopic (exact) mass is 875 g/mol. The number of rotatable bonds is 11. The summed E-state index contributed by atoms with van der Waals surface area (Å²) in [5.41, 5.74) is 2.95. The summed E-state index contributed by atoms with van der Waals surface area (Å²) in [6, 6.07) is 41.1. The fourth-order valence-electron chi connectivity index (χ4n) is 6.05. The van der Waals surface area contributed by atoms with Gasteiger partial charge in [-0.2, -0.15) is 11.3 Å². The molecule has 0 aliphatic carbocycles.